The Balaban J connectivity index is 1.71. The fourth-order valence-electron chi connectivity index (χ4n) is 2.94. The van der Waals surface area contributed by atoms with Crippen LogP contribution in [0.1, 0.15) is 5.56 Å². The summed E-state index contributed by atoms with van der Waals surface area (Å²) in [6.07, 6.45) is 0. The van der Waals surface area contributed by atoms with Crippen LogP contribution in [-0.2, 0) is 0 Å². The Morgan fingerprint density at radius 1 is 0.828 bits per heavy atom. The van der Waals surface area contributed by atoms with E-state index < -0.39 is 0 Å². The van der Waals surface area contributed by atoms with Crippen LogP contribution in [-0.4, -0.2) is 4.98 Å². The van der Waals surface area contributed by atoms with E-state index in [9.17, 15) is 5.26 Å². The van der Waals surface area contributed by atoms with Gasteiger partial charge in [-0.15, -0.1) is 0 Å². The van der Waals surface area contributed by atoms with Crippen molar-refractivity contribution < 1.29 is 4.74 Å². The third-order valence-electron chi connectivity index (χ3n) is 4.40. The summed E-state index contributed by atoms with van der Waals surface area (Å²) in [6, 6.07) is 29.0. The van der Waals surface area contributed by atoms with E-state index in [1.807, 2.05) is 84.9 Å². The van der Waals surface area contributed by atoms with Crippen molar-refractivity contribution >= 4 is 28.3 Å². The van der Waals surface area contributed by atoms with Crippen molar-refractivity contribution in [3.8, 4) is 40.1 Å². The second-order valence-electron chi connectivity index (χ2n) is 6.39. The summed E-state index contributed by atoms with van der Waals surface area (Å²) in [6.45, 7) is 0. The summed E-state index contributed by atoms with van der Waals surface area (Å²) < 4.78 is 6.71. The van der Waals surface area contributed by atoms with Crippen molar-refractivity contribution in [2.45, 2.75) is 0 Å². The molecule has 3 aromatic carbocycles. The predicted molar refractivity (Wildman–Crippen MR) is 123 cm³/mol. The monoisotopic (exact) mass is 489 g/mol. The molecule has 0 bridgehead atoms. The number of hydrogen-bond acceptors (Lipinski definition) is 4. The number of benzene rings is 3. The number of rotatable bonds is 4. The molecule has 5 heteroatoms. The summed E-state index contributed by atoms with van der Waals surface area (Å²) in [5, 5.41) is 9.67. The van der Waals surface area contributed by atoms with E-state index in [0.717, 1.165) is 31.9 Å². The van der Waals surface area contributed by atoms with Crippen LogP contribution in [0.5, 0.6) is 11.5 Å². The molecule has 0 aliphatic carbocycles. The largest absolute Gasteiger partial charge is 0.457 e. The van der Waals surface area contributed by atoms with Crippen LogP contribution < -0.4 is 10.5 Å². The van der Waals surface area contributed by atoms with Crippen LogP contribution in [0.2, 0.25) is 0 Å². The molecule has 140 valence electrons. The topological polar surface area (TPSA) is 71.9 Å². The van der Waals surface area contributed by atoms with Gasteiger partial charge in [0.2, 0.25) is 0 Å². The van der Waals surface area contributed by atoms with Gasteiger partial charge in [-0.05, 0) is 77.2 Å². The molecule has 0 aliphatic heterocycles. The van der Waals surface area contributed by atoms with Crippen LogP contribution in [0.15, 0.2) is 84.9 Å². The summed E-state index contributed by atoms with van der Waals surface area (Å²) in [5.74, 6) is 1.50. The third kappa shape index (κ3) is 4.23. The minimum atomic E-state index is 0.557. The second kappa shape index (κ2) is 8.33. The molecule has 4 rings (SSSR count). The minimum absolute atomic E-state index is 0.557. The maximum Gasteiger partial charge on any atom is 0.127 e. The van der Waals surface area contributed by atoms with Gasteiger partial charge in [-0.3, -0.25) is 0 Å². The molecule has 0 radical (unpaired) electrons. The summed E-state index contributed by atoms with van der Waals surface area (Å²) in [7, 11) is 0. The van der Waals surface area contributed by atoms with Crippen LogP contribution in [0.4, 0.5) is 5.69 Å². The lowest BCUT2D eigenvalue weighted by molar-refractivity contribution is 0.483. The zero-order chi connectivity index (χ0) is 20.2. The molecule has 2 N–H and O–H groups in total. The van der Waals surface area contributed by atoms with Gasteiger partial charge in [-0.2, -0.15) is 5.26 Å². The molecule has 4 aromatic rings. The van der Waals surface area contributed by atoms with Gasteiger partial charge in [0.05, 0.1) is 17.0 Å². The quantitative estimate of drug-likeness (QED) is 0.271. The third-order valence-corrected chi connectivity index (χ3v) is 5.25. The Kier molecular flexibility index (Phi) is 5.45. The number of aromatic nitrogens is 1. The van der Waals surface area contributed by atoms with Gasteiger partial charge in [0.25, 0.3) is 0 Å². The average molecular weight is 489 g/mol. The normalized spacial score (nSPS) is 10.3. The Morgan fingerprint density at radius 2 is 1.45 bits per heavy atom. The molecule has 0 saturated heterocycles. The molecule has 0 unspecified atom stereocenters. The molecule has 0 aliphatic rings. The zero-order valence-electron chi connectivity index (χ0n) is 15.3. The highest BCUT2D eigenvalue weighted by Gasteiger charge is 2.14. The summed E-state index contributed by atoms with van der Waals surface area (Å²) in [4.78, 5) is 4.78. The van der Waals surface area contributed by atoms with Crippen LogP contribution >= 0.6 is 22.6 Å². The fourth-order valence-corrected chi connectivity index (χ4v) is 3.61. The number of nitrogens with two attached hydrogens (primary N) is 1. The molecule has 0 fully saturated rings. The van der Waals surface area contributed by atoms with Crippen molar-refractivity contribution in [3.05, 3.63) is 94.1 Å². The number of ether oxygens (including phenoxy) is 1. The molecule has 0 spiro atoms. The highest BCUT2D eigenvalue weighted by Crippen LogP contribution is 2.31. The lowest BCUT2D eigenvalue weighted by atomic mass is 10.0. The number of pyridine rings is 1. The van der Waals surface area contributed by atoms with E-state index in [2.05, 4.69) is 28.7 Å². The molecular weight excluding hydrogens is 473 g/mol. The minimum Gasteiger partial charge on any atom is -0.457 e. The molecule has 0 amide bonds. The number of para-hydroxylation sites is 1. The molecule has 29 heavy (non-hydrogen) atoms. The van der Waals surface area contributed by atoms with Crippen molar-refractivity contribution in [3.63, 3.8) is 0 Å². The number of nitrogens with zero attached hydrogens (tertiary/aromatic N) is 2. The van der Waals surface area contributed by atoms with Crippen molar-refractivity contribution in [1.82, 2.24) is 4.98 Å². The Bertz CT molecular complexity index is 1180. The molecule has 1 aromatic heterocycles. The lowest BCUT2D eigenvalue weighted by Crippen LogP contribution is -1.96. The molecular formula is C24H16IN3O. The van der Waals surface area contributed by atoms with E-state index in [0.29, 0.717) is 16.9 Å². The van der Waals surface area contributed by atoms with Crippen LogP contribution in [0, 0.1) is 14.9 Å². The summed E-state index contributed by atoms with van der Waals surface area (Å²) in [5.41, 5.74) is 10.3. The SMILES string of the molecule is N#Cc1c(I)cc(-c2ccc(N)cc2)nc1-c1ccc(Oc2ccccc2)cc1. The molecule has 1 heterocycles. The Hall–Kier alpha value is -3.37. The Morgan fingerprint density at radius 3 is 2.10 bits per heavy atom. The zero-order valence-corrected chi connectivity index (χ0v) is 17.5. The van der Waals surface area contributed by atoms with Gasteiger partial charge in [0.1, 0.15) is 17.6 Å². The standard InChI is InChI=1S/C24H16IN3O/c25-22-14-23(16-6-10-18(27)11-7-16)28-24(21(22)15-26)17-8-12-20(13-9-17)29-19-4-2-1-3-5-19/h1-14H,27H2. The first kappa shape index (κ1) is 19.0. The highest BCUT2D eigenvalue weighted by molar-refractivity contribution is 14.1. The Labute approximate surface area is 182 Å². The van der Waals surface area contributed by atoms with Gasteiger partial charge < -0.3 is 10.5 Å². The average Bonchev–Trinajstić information content (AvgIpc) is 2.75. The van der Waals surface area contributed by atoms with E-state index >= 15 is 0 Å². The van der Waals surface area contributed by atoms with E-state index in [4.69, 9.17) is 15.5 Å². The smallest absolute Gasteiger partial charge is 0.127 e. The lowest BCUT2D eigenvalue weighted by Gasteiger charge is -2.11. The maximum atomic E-state index is 9.67. The number of nitriles is 1. The fraction of sp³-hybridized carbons (Fsp3) is 0. The molecule has 0 saturated carbocycles. The first-order valence-electron chi connectivity index (χ1n) is 8.94. The van der Waals surface area contributed by atoms with Crippen molar-refractivity contribution in [2.24, 2.45) is 0 Å². The predicted octanol–water partition coefficient (Wildman–Crippen LogP) is 6.27. The van der Waals surface area contributed by atoms with Crippen LogP contribution in [0.25, 0.3) is 22.5 Å². The van der Waals surface area contributed by atoms with Gasteiger partial charge >= 0.3 is 0 Å². The number of nitrogen functional groups attached to an aromatic ring is 1. The van der Waals surface area contributed by atoms with Gasteiger partial charge in [-0.1, -0.05) is 30.3 Å². The van der Waals surface area contributed by atoms with Crippen molar-refractivity contribution in [2.75, 3.05) is 5.73 Å². The summed E-state index contributed by atoms with van der Waals surface area (Å²) >= 11 is 2.18. The highest BCUT2D eigenvalue weighted by atomic mass is 127. The molecule has 0 atom stereocenters. The first-order chi connectivity index (χ1) is 14.1. The van der Waals surface area contributed by atoms with Crippen LogP contribution in [0.3, 0.4) is 0 Å². The number of halogens is 1. The maximum absolute atomic E-state index is 9.67. The second-order valence-corrected chi connectivity index (χ2v) is 7.55. The van der Waals surface area contributed by atoms with Gasteiger partial charge in [0.15, 0.2) is 0 Å². The van der Waals surface area contributed by atoms with E-state index in [1.54, 1.807) is 0 Å². The molecule has 4 nitrogen and oxygen atoms in total. The number of hydrogen-bond donors (Lipinski definition) is 1. The van der Waals surface area contributed by atoms with Gasteiger partial charge in [0, 0.05) is 20.4 Å². The first-order valence-corrected chi connectivity index (χ1v) is 10.0. The van der Waals surface area contributed by atoms with E-state index in [-0.39, 0.29) is 0 Å². The number of anilines is 1. The van der Waals surface area contributed by atoms with E-state index in [1.165, 1.54) is 0 Å². The van der Waals surface area contributed by atoms with Crippen molar-refractivity contribution in [1.29, 1.82) is 5.26 Å². The van der Waals surface area contributed by atoms with Gasteiger partial charge in [-0.25, -0.2) is 4.98 Å².